The average molecular weight is 266 g/mol. The van der Waals surface area contributed by atoms with E-state index < -0.39 is 0 Å². The van der Waals surface area contributed by atoms with Crippen LogP contribution in [-0.2, 0) is 4.74 Å². The Morgan fingerprint density at radius 3 is 2.67 bits per heavy atom. The molecule has 0 spiro atoms. The minimum absolute atomic E-state index is 0.178. The molecule has 0 N–H and O–H groups in total. The Morgan fingerprint density at radius 1 is 1.28 bits per heavy atom. The van der Waals surface area contributed by atoms with Crippen LogP contribution >= 0.6 is 12.6 Å². The Hall–Kier alpha value is -0.670. The fourth-order valence-electron chi connectivity index (χ4n) is 2.26. The van der Waals surface area contributed by atoms with E-state index in [1.807, 2.05) is 6.07 Å². The fourth-order valence-corrected chi connectivity index (χ4v) is 2.67. The van der Waals surface area contributed by atoms with Gasteiger partial charge >= 0.3 is 0 Å². The quantitative estimate of drug-likeness (QED) is 0.842. The highest BCUT2D eigenvalue weighted by atomic mass is 32.1. The minimum atomic E-state index is 0.178. The molecule has 1 saturated heterocycles. The zero-order chi connectivity index (χ0) is 13.0. The van der Waals surface area contributed by atoms with Crippen molar-refractivity contribution in [1.29, 1.82) is 0 Å². The van der Waals surface area contributed by atoms with Crippen molar-refractivity contribution in [1.82, 2.24) is 0 Å². The third-order valence-electron chi connectivity index (χ3n) is 3.98. The van der Waals surface area contributed by atoms with Crippen LogP contribution in [0.3, 0.4) is 0 Å². The summed E-state index contributed by atoms with van der Waals surface area (Å²) >= 11 is 4.51. The molecule has 0 amide bonds. The van der Waals surface area contributed by atoms with Gasteiger partial charge in [-0.15, -0.1) is 0 Å². The van der Waals surface area contributed by atoms with Gasteiger partial charge in [-0.3, -0.25) is 0 Å². The molecule has 2 nitrogen and oxygen atoms in total. The summed E-state index contributed by atoms with van der Waals surface area (Å²) in [5, 5.41) is 0. The molecular formula is C15H22O2S. The maximum atomic E-state index is 6.05. The lowest BCUT2D eigenvalue weighted by molar-refractivity contribution is 0.00298. The second-order valence-corrected chi connectivity index (χ2v) is 5.57. The lowest BCUT2D eigenvalue weighted by Gasteiger charge is -2.35. The zero-order valence-electron chi connectivity index (χ0n) is 11.2. The molecule has 1 aliphatic rings. The molecule has 0 aromatic heterocycles. The number of aryl methyl sites for hydroxylation is 1. The lowest BCUT2D eigenvalue weighted by atomic mass is 9.83. The number of thiol groups is 1. The molecule has 1 heterocycles. The number of hydrogen-bond acceptors (Lipinski definition) is 3. The Morgan fingerprint density at radius 2 is 2.00 bits per heavy atom. The summed E-state index contributed by atoms with van der Waals surface area (Å²) in [6.45, 7) is 6.63. The third-order valence-corrected chi connectivity index (χ3v) is 4.65. The second kappa shape index (κ2) is 5.98. The van der Waals surface area contributed by atoms with E-state index in [9.17, 15) is 0 Å². The molecular weight excluding hydrogens is 244 g/mol. The van der Waals surface area contributed by atoms with Gasteiger partial charge in [0.25, 0.3) is 0 Å². The predicted octanol–water partition coefficient (Wildman–Crippen LogP) is 3.41. The lowest BCUT2D eigenvalue weighted by Crippen LogP contribution is -2.37. The van der Waals surface area contributed by atoms with Crippen LogP contribution in [-0.4, -0.2) is 25.6 Å². The summed E-state index contributed by atoms with van der Waals surface area (Å²) in [5.74, 6) is 1.86. The maximum absolute atomic E-state index is 6.05. The summed E-state index contributed by atoms with van der Waals surface area (Å²) < 4.78 is 11.5. The first-order valence-corrected chi connectivity index (χ1v) is 7.18. The van der Waals surface area contributed by atoms with E-state index >= 15 is 0 Å². The topological polar surface area (TPSA) is 18.5 Å². The number of hydrogen-bond donors (Lipinski definition) is 1. The van der Waals surface area contributed by atoms with Crippen molar-refractivity contribution in [3.8, 4) is 5.75 Å². The van der Waals surface area contributed by atoms with E-state index in [1.165, 1.54) is 11.1 Å². The molecule has 3 heteroatoms. The molecule has 1 fully saturated rings. The molecule has 2 rings (SSSR count). The SMILES string of the molecule is Cc1cccc(OCC2(CS)CCOCC2)c1C. The Labute approximate surface area is 115 Å². The fraction of sp³-hybridized carbons (Fsp3) is 0.600. The molecule has 0 radical (unpaired) electrons. The molecule has 1 aromatic carbocycles. The van der Waals surface area contributed by atoms with Crippen LogP contribution in [0.1, 0.15) is 24.0 Å². The summed E-state index contributed by atoms with van der Waals surface area (Å²) in [5.41, 5.74) is 2.69. The number of rotatable bonds is 4. The molecule has 1 aliphatic heterocycles. The smallest absolute Gasteiger partial charge is 0.122 e. The second-order valence-electron chi connectivity index (χ2n) is 5.26. The van der Waals surface area contributed by atoms with Crippen LogP contribution in [0.25, 0.3) is 0 Å². The highest BCUT2D eigenvalue weighted by Crippen LogP contribution is 2.33. The van der Waals surface area contributed by atoms with Crippen molar-refractivity contribution in [3.05, 3.63) is 29.3 Å². The zero-order valence-corrected chi connectivity index (χ0v) is 12.1. The molecule has 1 aromatic rings. The van der Waals surface area contributed by atoms with Gasteiger partial charge in [0.1, 0.15) is 5.75 Å². The number of benzene rings is 1. The minimum Gasteiger partial charge on any atom is -0.493 e. The van der Waals surface area contributed by atoms with Crippen LogP contribution < -0.4 is 4.74 Å². The van der Waals surface area contributed by atoms with Crippen LogP contribution in [0.4, 0.5) is 0 Å². The van der Waals surface area contributed by atoms with Gasteiger partial charge < -0.3 is 9.47 Å². The van der Waals surface area contributed by atoms with Crippen LogP contribution in [0, 0.1) is 19.3 Å². The molecule has 0 bridgehead atoms. The van der Waals surface area contributed by atoms with Gasteiger partial charge in [0.15, 0.2) is 0 Å². The predicted molar refractivity (Wildman–Crippen MR) is 77.8 cm³/mol. The largest absolute Gasteiger partial charge is 0.493 e. The van der Waals surface area contributed by atoms with Crippen molar-refractivity contribution >= 4 is 12.6 Å². The first-order chi connectivity index (χ1) is 8.67. The molecule has 0 aliphatic carbocycles. The van der Waals surface area contributed by atoms with Gasteiger partial charge in [-0.05, 0) is 49.6 Å². The summed E-state index contributed by atoms with van der Waals surface area (Å²) in [4.78, 5) is 0. The van der Waals surface area contributed by atoms with Crippen LogP contribution in [0.2, 0.25) is 0 Å². The Balaban J connectivity index is 2.03. The van der Waals surface area contributed by atoms with Crippen molar-refractivity contribution in [2.45, 2.75) is 26.7 Å². The van der Waals surface area contributed by atoms with Crippen molar-refractivity contribution in [2.75, 3.05) is 25.6 Å². The molecule has 100 valence electrons. The summed E-state index contributed by atoms with van der Waals surface area (Å²) in [7, 11) is 0. The standard InChI is InChI=1S/C15H22O2S/c1-12-4-3-5-14(13(12)2)17-10-15(11-18)6-8-16-9-7-15/h3-5,18H,6-11H2,1-2H3. The van der Waals surface area contributed by atoms with E-state index in [1.54, 1.807) is 0 Å². The summed E-state index contributed by atoms with van der Waals surface area (Å²) in [6, 6.07) is 6.22. The van der Waals surface area contributed by atoms with Gasteiger partial charge in [0.2, 0.25) is 0 Å². The first kappa shape index (κ1) is 13.8. The molecule has 0 unspecified atom stereocenters. The highest BCUT2D eigenvalue weighted by molar-refractivity contribution is 7.80. The third kappa shape index (κ3) is 3.01. The van der Waals surface area contributed by atoms with Crippen LogP contribution in [0.5, 0.6) is 5.75 Å². The van der Waals surface area contributed by atoms with Gasteiger partial charge in [-0.2, -0.15) is 12.6 Å². The molecule has 0 saturated carbocycles. The van der Waals surface area contributed by atoms with E-state index in [2.05, 4.69) is 38.6 Å². The normalized spacial score (nSPS) is 18.6. The first-order valence-electron chi connectivity index (χ1n) is 6.54. The van der Waals surface area contributed by atoms with Gasteiger partial charge in [-0.25, -0.2) is 0 Å². The molecule has 0 atom stereocenters. The van der Waals surface area contributed by atoms with Crippen molar-refractivity contribution < 1.29 is 9.47 Å². The number of ether oxygens (including phenoxy) is 2. The Bertz CT molecular complexity index is 397. The van der Waals surface area contributed by atoms with Crippen molar-refractivity contribution in [3.63, 3.8) is 0 Å². The monoisotopic (exact) mass is 266 g/mol. The van der Waals surface area contributed by atoms with E-state index in [-0.39, 0.29) is 5.41 Å². The maximum Gasteiger partial charge on any atom is 0.122 e. The summed E-state index contributed by atoms with van der Waals surface area (Å²) in [6.07, 6.45) is 2.09. The molecule has 18 heavy (non-hydrogen) atoms. The van der Waals surface area contributed by atoms with E-state index in [4.69, 9.17) is 9.47 Å². The van der Waals surface area contributed by atoms with Gasteiger partial charge in [0.05, 0.1) is 6.61 Å². The average Bonchev–Trinajstić information content (AvgIpc) is 2.41. The highest BCUT2D eigenvalue weighted by Gasteiger charge is 2.32. The van der Waals surface area contributed by atoms with Crippen molar-refractivity contribution in [2.24, 2.45) is 5.41 Å². The Kier molecular flexibility index (Phi) is 4.57. The van der Waals surface area contributed by atoms with E-state index in [0.717, 1.165) is 44.2 Å². The van der Waals surface area contributed by atoms with Gasteiger partial charge in [-0.1, -0.05) is 12.1 Å². The van der Waals surface area contributed by atoms with E-state index in [0.29, 0.717) is 0 Å². The van der Waals surface area contributed by atoms with Crippen LogP contribution in [0.15, 0.2) is 18.2 Å². The van der Waals surface area contributed by atoms with Gasteiger partial charge in [0, 0.05) is 18.6 Å².